The van der Waals surface area contributed by atoms with Crippen LogP contribution in [0.15, 0.2) is 4.99 Å². The molecule has 1 saturated heterocycles. The minimum absolute atomic E-state index is 0. The second-order valence-electron chi connectivity index (χ2n) is 7.85. The molecule has 8 nitrogen and oxygen atoms in total. The van der Waals surface area contributed by atoms with Crippen molar-refractivity contribution in [2.24, 2.45) is 4.99 Å². The summed E-state index contributed by atoms with van der Waals surface area (Å²) in [5, 5.41) is 15.9. The third-order valence-corrected chi connectivity index (χ3v) is 5.82. The lowest BCUT2D eigenvalue weighted by Gasteiger charge is -2.32. The number of likely N-dealkylation sites (tertiary alicyclic amines) is 1. The van der Waals surface area contributed by atoms with Crippen molar-refractivity contribution in [1.29, 1.82) is 0 Å². The quantitative estimate of drug-likeness (QED) is 0.236. The number of nitrogens with one attached hydrogen (secondary N) is 2. The van der Waals surface area contributed by atoms with Crippen molar-refractivity contribution in [3.8, 4) is 0 Å². The van der Waals surface area contributed by atoms with Crippen LogP contribution in [-0.4, -0.2) is 78.6 Å². The molecule has 1 aromatic heterocycles. The summed E-state index contributed by atoms with van der Waals surface area (Å²) >= 11 is 0. The number of aryl methyl sites for hydroxylation is 2. The SMILES string of the molecule is CN=C(NCCCc1nnc2n1CCCCC2)NC1CCN(CCOC)CC1.I. The minimum Gasteiger partial charge on any atom is -0.383 e. The maximum Gasteiger partial charge on any atom is 0.191 e. The lowest BCUT2D eigenvalue weighted by Crippen LogP contribution is -2.49. The first-order chi connectivity index (χ1) is 13.8. The van der Waals surface area contributed by atoms with Gasteiger partial charge in [-0.3, -0.25) is 4.99 Å². The summed E-state index contributed by atoms with van der Waals surface area (Å²) in [5.74, 6) is 3.23. The Bertz CT molecular complexity index is 614. The van der Waals surface area contributed by atoms with Gasteiger partial charge in [0.25, 0.3) is 0 Å². The predicted molar refractivity (Wildman–Crippen MR) is 127 cm³/mol. The minimum atomic E-state index is 0. The van der Waals surface area contributed by atoms with Crippen LogP contribution in [0.3, 0.4) is 0 Å². The summed E-state index contributed by atoms with van der Waals surface area (Å²) in [6.07, 6.45) is 9.17. The lowest BCUT2D eigenvalue weighted by atomic mass is 10.1. The van der Waals surface area contributed by atoms with Crippen LogP contribution in [0.1, 0.15) is 50.2 Å². The molecule has 0 aromatic carbocycles. The Balaban J connectivity index is 0.00000300. The molecule has 2 N–H and O–H groups in total. The van der Waals surface area contributed by atoms with E-state index in [2.05, 4.69) is 35.3 Å². The maximum atomic E-state index is 5.18. The largest absolute Gasteiger partial charge is 0.383 e. The van der Waals surface area contributed by atoms with Crippen LogP contribution in [0, 0.1) is 0 Å². The number of halogens is 1. The van der Waals surface area contributed by atoms with Gasteiger partial charge in [-0.25, -0.2) is 0 Å². The Morgan fingerprint density at radius 2 is 2.00 bits per heavy atom. The molecule has 0 amide bonds. The van der Waals surface area contributed by atoms with Crippen LogP contribution in [0.4, 0.5) is 0 Å². The second kappa shape index (κ2) is 13.4. The van der Waals surface area contributed by atoms with Gasteiger partial charge in [0.15, 0.2) is 5.96 Å². The second-order valence-corrected chi connectivity index (χ2v) is 7.85. The molecule has 0 atom stereocenters. The molecule has 3 rings (SSSR count). The number of aliphatic imine (C=N–C) groups is 1. The Morgan fingerprint density at radius 1 is 1.17 bits per heavy atom. The molecule has 1 fully saturated rings. The smallest absolute Gasteiger partial charge is 0.191 e. The Kier molecular flexibility index (Phi) is 11.2. The molecule has 9 heteroatoms. The molecule has 2 aliphatic heterocycles. The van der Waals surface area contributed by atoms with Gasteiger partial charge >= 0.3 is 0 Å². The average Bonchev–Trinajstić information content (AvgIpc) is 2.95. The summed E-state index contributed by atoms with van der Waals surface area (Å²) in [5.41, 5.74) is 0. The first kappa shape index (κ1) is 24.3. The van der Waals surface area contributed by atoms with Gasteiger partial charge in [0.05, 0.1) is 6.61 Å². The average molecular weight is 519 g/mol. The van der Waals surface area contributed by atoms with Crippen LogP contribution in [0.5, 0.6) is 0 Å². The van der Waals surface area contributed by atoms with E-state index in [9.17, 15) is 0 Å². The van der Waals surface area contributed by atoms with Crippen molar-refractivity contribution < 1.29 is 4.74 Å². The van der Waals surface area contributed by atoms with Gasteiger partial charge < -0.3 is 24.8 Å². The number of rotatable bonds is 8. The Morgan fingerprint density at radius 3 is 2.76 bits per heavy atom. The summed E-state index contributed by atoms with van der Waals surface area (Å²) in [7, 11) is 3.62. The van der Waals surface area contributed by atoms with Crippen LogP contribution < -0.4 is 10.6 Å². The molecule has 0 unspecified atom stereocenters. The molecule has 166 valence electrons. The Hall–Kier alpha value is -0.940. The number of piperidine rings is 1. The highest BCUT2D eigenvalue weighted by atomic mass is 127. The van der Waals surface area contributed by atoms with E-state index in [0.29, 0.717) is 6.04 Å². The molecular weight excluding hydrogens is 481 g/mol. The van der Waals surface area contributed by atoms with E-state index < -0.39 is 0 Å². The van der Waals surface area contributed by atoms with Gasteiger partial charge in [0, 0.05) is 65.8 Å². The number of nitrogens with zero attached hydrogens (tertiary/aromatic N) is 5. The Labute approximate surface area is 192 Å². The van der Waals surface area contributed by atoms with Gasteiger partial charge in [-0.2, -0.15) is 0 Å². The van der Waals surface area contributed by atoms with Crippen molar-refractivity contribution in [3.63, 3.8) is 0 Å². The predicted octanol–water partition coefficient (Wildman–Crippen LogP) is 1.83. The summed E-state index contributed by atoms with van der Waals surface area (Å²) in [6, 6.07) is 0.497. The third kappa shape index (κ3) is 7.67. The fraction of sp³-hybridized carbons (Fsp3) is 0.850. The van der Waals surface area contributed by atoms with Gasteiger partial charge in [0.1, 0.15) is 11.6 Å². The van der Waals surface area contributed by atoms with Crippen LogP contribution in [0.25, 0.3) is 0 Å². The van der Waals surface area contributed by atoms with Crippen molar-refractivity contribution in [2.75, 3.05) is 46.9 Å². The summed E-state index contributed by atoms with van der Waals surface area (Å²) < 4.78 is 7.52. The van der Waals surface area contributed by atoms with Crippen molar-refractivity contribution >= 4 is 29.9 Å². The van der Waals surface area contributed by atoms with Crippen molar-refractivity contribution in [1.82, 2.24) is 30.3 Å². The zero-order chi connectivity index (χ0) is 19.6. The molecule has 0 saturated carbocycles. The standard InChI is InChI=1S/C20H37N7O.HI/c1-21-20(23-17-9-13-26(14-10-17)15-16-28-2)22-11-6-8-19-25-24-18-7-4-3-5-12-27(18)19;/h17H,3-16H2,1-2H3,(H2,21,22,23);1H. The van der Waals surface area contributed by atoms with Crippen molar-refractivity contribution in [2.45, 2.75) is 64.0 Å². The highest BCUT2D eigenvalue weighted by Gasteiger charge is 2.19. The van der Waals surface area contributed by atoms with Gasteiger partial charge in [-0.15, -0.1) is 34.2 Å². The molecule has 0 bridgehead atoms. The van der Waals surface area contributed by atoms with E-state index in [-0.39, 0.29) is 24.0 Å². The monoisotopic (exact) mass is 519 g/mol. The highest BCUT2D eigenvalue weighted by Crippen LogP contribution is 2.15. The van der Waals surface area contributed by atoms with Crippen LogP contribution >= 0.6 is 24.0 Å². The lowest BCUT2D eigenvalue weighted by molar-refractivity contribution is 0.128. The molecule has 0 aliphatic carbocycles. The fourth-order valence-electron chi connectivity index (χ4n) is 4.09. The maximum absolute atomic E-state index is 5.18. The fourth-order valence-corrected chi connectivity index (χ4v) is 4.09. The van der Waals surface area contributed by atoms with Crippen LogP contribution in [0.2, 0.25) is 0 Å². The number of hydrogen-bond donors (Lipinski definition) is 2. The summed E-state index contributed by atoms with van der Waals surface area (Å²) in [6.45, 7) is 6.07. The van der Waals surface area contributed by atoms with Crippen LogP contribution in [-0.2, 0) is 24.1 Å². The molecule has 1 aromatic rings. The van der Waals surface area contributed by atoms with E-state index in [1.165, 1.54) is 25.1 Å². The van der Waals surface area contributed by atoms with E-state index in [1.807, 2.05) is 7.05 Å². The zero-order valence-corrected chi connectivity index (χ0v) is 20.4. The highest BCUT2D eigenvalue weighted by molar-refractivity contribution is 14.0. The van der Waals surface area contributed by atoms with E-state index >= 15 is 0 Å². The zero-order valence-electron chi connectivity index (χ0n) is 18.0. The number of ether oxygens (including phenoxy) is 1. The van der Waals surface area contributed by atoms with E-state index in [0.717, 1.165) is 83.2 Å². The third-order valence-electron chi connectivity index (χ3n) is 5.82. The number of guanidine groups is 1. The van der Waals surface area contributed by atoms with Crippen molar-refractivity contribution in [3.05, 3.63) is 11.6 Å². The number of methoxy groups -OCH3 is 1. The summed E-state index contributed by atoms with van der Waals surface area (Å²) in [4.78, 5) is 6.87. The van der Waals surface area contributed by atoms with E-state index in [1.54, 1.807) is 7.11 Å². The van der Waals surface area contributed by atoms with Gasteiger partial charge in [-0.1, -0.05) is 6.42 Å². The van der Waals surface area contributed by atoms with Gasteiger partial charge in [0.2, 0.25) is 0 Å². The van der Waals surface area contributed by atoms with Gasteiger partial charge in [-0.05, 0) is 32.1 Å². The number of fused-ring (bicyclic) bond motifs is 1. The molecule has 2 aliphatic rings. The normalized spacial score (nSPS) is 18.6. The molecule has 3 heterocycles. The molecular formula is C20H38IN7O. The molecule has 29 heavy (non-hydrogen) atoms. The topological polar surface area (TPSA) is 79.6 Å². The number of aromatic nitrogens is 3. The number of hydrogen-bond acceptors (Lipinski definition) is 5. The van der Waals surface area contributed by atoms with E-state index in [4.69, 9.17) is 4.74 Å². The first-order valence-electron chi connectivity index (χ1n) is 10.9. The molecule has 0 spiro atoms. The first-order valence-corrected chi connectivity index (χ1v) is 10.9. The molecule has 0 radical (unpaired) electrons.